The summed E-state index contributed by atoms with van der Waals surface area (Å²) in [6.07, 6.45) is 0.585. The molecule has 0 saturated carbocycles. The van der Waals surface area contributed by atoms with E-state index >= 15 is 0 Å². The predicted molar refractivity (Wildman–Crippen MR) is 78.1 cm³/mol. The van der Waals surface area contributed by atoms with Gasteiger partial charge in [-0.1, -0.05) is 18.2 Å². The minimum absolute atomic E-state index is 0.221. The minimum atomic E-state index is -0.221. The number of hydrogen-bond acceptors (Lipinski definition) is 4. The molecule has 4 rings (SSSR count). The van der Waals surface area contributed by atoms with Gasteiger partial charge in [-0.3, -0.25) is 14.5 Å². The number of amides is 2. The van der Waals surface area contributed by atoms with Crippen LogP contribution >= 0.6 is 0 Å². The molecule has 0 unspecified atom stereocenters. The second kappa shape index (κ2) is 4.87. The molecule has 0 saturated heterocycles. The first-order chi connectivity index (χ1) is 10.7. The predicted octanol–water partition coefficient (Wildman–Crippen LogP) is 2.25. The highest BCUT2D eigenvalue weighted by Gasteiger charge is 2.34. The molecule has 2 aromatic carbocycles. The number of imide groups is 1. The Labute approximate surface area is 127 Å². The molecule has 0 spiro atoms. The molecule has 2 aliphatic heterocycles. The maximum absolute atomic E-state index is 12.3. The third-order valence-corrected chi connectivity index (χ3v) is 3.94. The van der Waals surface area contributed by atoms with Crippen molar-refractivity contribution in [2.75, 3.05) is 13.3 Å². The molecule has 2 aliphatic rings. The highest BCUT2D eigenvalue weighted by atomic mass is 16.7. The molecule has 0 aromatic heterocycles. The van der Waals surface area contributed by atoms with Gasteiger partial charge in [0, 0.05) is 6.54 Å². The summed E-state index contributed by atoms with van der Waals surface area (Å²) in [7, 11) is 0. The average molecular weight is 295 g/mol. The Kier molecular flexibility index (Phi) is 2.85. The van der Waals surface area contributed by atoms with Gasteiger partial charge in [0.15, 0.2) is 11.5 Å². The highest BCUT2D eigenvalue weighted by Crippen LogP contribution is 2.32. The van der Waals surface area contributed by atoms with Gasteiger partial charge in [0.2, 0.25) is 6.79 Å². The second-order valence-electron chi connectivity index (χ2n) is 5.25. The van der Waals surface area contributed by atoms with E-state index in [1.165, 1.54) is 4.90 Å². The Morgan fingerprint density at radius 2 is 1.59 bits per heavy atom. The molecule has 0 radical (unpaired) electrons. The van der Waals surface area contributed by atoms with E-state index in [9.17, 15) is 9.59 Å². The summed E-state index contributed by atoms with van der Waals surface area (Å²) < 4.78 is 10.6. The molecule has 2 aromatic rings. The smallest absolute Gasteiger partial charge is 0.261 e. The van der Waals surface area contributed by atoms with Crippen molar-refractivity contribution in [1.82, 2.24) is 4.90 Å². The van der Waals surface area contributed by atoms with Gasteiger partial charge in [-0.05, 0) is 36.2 Å². The van der Waals surface area contributed by atoms with E-state index in [0.29, 0.717) is 29.8 Å². The fourth-order valence-electron chi connectivity index (χ4n) is 2.78. The minimum Gasteiger partial charge on any atom is -0.454 e. The molecule has 5 nitrogen and oxygen atoms in total. The molecular formula is C17H13NO4. The molecule has 0 aliphatic carbocycles. The fraction of sp³-hybridized carbons (Fsp3) is 0.176. The van der Waals surface area contributed by atoms with Gasteiger partial charge in [-0.2, -0.15) is 0 Å². The van der Waals surface area contributed by atoms with Crippen LogP contribution in [0.1, 0.15) is 26.3 Å². The lowest BCUT2D eigenvalue weighted by atomic mass is 10.1. The summed E-state index contributed by atoms with van der Waals surface area (Å²) in [6, 6.07) is 12.6. The van der Waals surface area contributed by atoms with E-state index in [1.54, 1.807) is 24.3 Å². The first kappa shape index (κ1) is 12.9. The van der Waals surface area contributed by atoms with Gasteiger partial charge in [0.1, 0.15) is 0 Å². The molecule has 5 heteroatoms. The maximum Gasteiger partial charge on any atom is 0.261 e. The lowest BCUT2D eigenvalue weighted by Crippen LogP contribution is -2.31. The number of nitrogens with zero attached hydrogens (tertiary/aromatic N) is 1. The Hall–Kier alpha value is -2.82. The maximum atomic E-state index is 12.3. The van der Waals surface area contributed by atoms with Crippen LogP contribution in [0.3, 0.4) is 0 Å². The van der Waals surface area contributed by atoms with Crippen molar-refractivity contribution in [3.63, 3.8) is 0 Å². The van der Waals surface area contributed by atoms with E-state index in [0.717, 1.165) is 11.3 Å². The SMILES string of the molecule is O=C1c2ccccc2C(=O)N1CCc1ccc2c(c1)OCO2. The summed E-state index contributed by atoms with van der Waals surface area (Å²) in [5, 5.41) is 0. The Bertz CT molecular complexity index is 749. The molecule has 0 fully saturated rings. The van der Waals surface area contributed by atoms with Gasteiger partial charge in [0.25, 0.3) is 11.8 Å². The number of rotatable bonds is 3. The van der Waals surface area contributed by atoms with Gasteiger partial charge >= 0.3 is 0 Å². The van der Waals surface area contributed by atoms with Crippen LogP contribution in [-0.4, -0.2) is 30.1 Å². The van der Waals surface area contributed by atoms with Gasteiger partial charge in [-0.25, -0.2) is 0 Å². The highest BCUT2D eigenvalue weighted by molar-refractivity contribution is 6.21. The lowest BCUT2D eigenvalue weighted by molar-refractivity contribution is 0.0656. The van der Waals surface area contributed by atoms with Crippen molar-refractivity contribution in [3.05, 3.63) is 59.2 Å². The van der Waals surface area contributed by atoms with Crippen molar-refractivity contribution >= 4 is 11.8 Å². The van der Waals surface area contributed by atoms with Gasteiger partial charge in [0.05, 0.1) is 11.1 Å². The van der Waals surface area contributed by atoms with E-state index < -0.39 is 0 Å². The quantitative estimate of drug-likeness (QED) is 0.815. The van der Waals surface area contributed by atoms with E-state index in [4.69, 9.17) is 9.47 Å². The summed E-state index contributed by atoms with van der Waals surface area (Å²) in [5.41, 5.74) is 1.97. The van der Waals surface area contributed by atoms with Crippen molar-refractivity contribution < 1.29 is 19.1 Å². The van der Waals surface area contributed by atoms with Crippen LogP contribution in [0.5, 0.6) is 11.5 Å². The van der Waals surface area contributed by atoms with Crippen LogP contribution in [-0.2, 0) is 6.42 Å². The summed E-state index contributed by atoms with van der Waals surface area (Å²) >= 11 is 0. The second-order valence-corrected chi connectivity index (χ2v) is 5.25. The normalized spacial score (nSPS) is 15.4. The summed E-state index contributed by atoms with van der Waals surface area (Å²) in [4.78, 5) is 25.9. The number of fused-ring (bicyclic) bond motifs is 2. The lowest BCUT2D eigenvalue weighted by Gasteiger charge is -2.13. The monoisotopic (exact) mass is 295 g/mol. The van der Waals surface area contributed by atoms with E-state index in [-0.39, 0.29) is 18.6 Å². The first-order valence-corrected chi connectivity index (χ1v) is 7.08. The van der Waals surface area contributed by atoms with Crippen LogP contribution in [0.4, 0.5) is 0 Å². The number of hydrogen-bond donors (Lipinski definition) is 0. The van der Waals surface area contributed by atoms with Crippen molar-refractivity contribution in [3.8, 4) is 11.5 Å². The van der Waals surface area contributed by atoms with Crippen LogP contribution < -0.4 is 9.47 Å². The first-order valence-electron chi connectivity index (χ1n) is 7.08. The van der Waals surface area contributed by atoms with Crippen LogP contribution in [0.2, 0.25) is 0 Å². The van der Waals surface area contributed by atoms with Crippen molar-refractivity contribution in [2.24, 2.45) is 0 Å². The zero-order valence-electron chi connectivity index (χ0n) is 11.7. The zero-order chi connectivity index (χ0) is 15.1. The summed E-state index contributed by atoms with van der Waals surface area (Å²) in [6.45, 7) is 0.586. The number of carbonyl (C=O) groups excluding carboxylic acids is 2. The molecule has 2 heterocycles. The van der Waals surface area contributed by atoms with Crippen LogP contribution in [0, 0.1) is 0 Å². The summed E-state index contributed by atoms with van der Waals surface area (Å²) in [5.74, 6) is 0.993. The number of carbonyl (C=O) groups is 2. The standard InChI is InChI=1S/C17H13NO4/c19-16-12-3-1-2-4-13(12)17(20)18(16)8-7-11-5-6-14-15(9-11)22-10-21-14/h1-6,9H,7-8,10H2. The van der Waals surface area contributed by atoms with Crippen LogP contribution in [0.15, 0.2) is 42.5 Å². The van der Waals surface area contributed by atoms with E-state index in [1.807, 2.05) is 18.2 Å². The van der Waals surface area contributed by atoms with Crippen molar-refractivity contribution in [2.45, 2.75) is 6.42 Å². The molecule has 0 atom stereocenters. The molecule has 0 N–H and O–H groups in total. The zero-order valence-corrected chi connectivity index (χ0v) is 11.7. The Balaban J connectivity index is 1.51. The average Bonchev–Trinajstić information content (AvgIpc) is 3.10. The molecule has 22 heavy (non-hydrogen) atoms. The van der Waals surface area contributed by atoms with Gasteiger partial charge < -0.3 is 9.47 Å². The third-order valence-electron chi connectivity index (χ3n) is 3.94. The number of ether oxygens (including phenoxy) is 2. The Morgan fingerprint density at radius 3 is 2.32 bits per heavy atom. The number of benzene rings is 2. The Morgan fingerprint density at radius 1 is 0.909 bits per heavy atom. The van der Waals surface area contributed by atoms with E-state index in [2.05, 4.69) is 0 Å². The largest absolute Gasteiger partial charge is 0.454 e. The molecule has 110 valence electrons. The van der Waals surface area contributed by atoms with Crippen LogP contribution in [0.25, 0.3) is 0 Å². The molecule has 0 bridgehead atoms. The molecule has 2 amide bonds. The molecular weight excluding hydrogens is 282 g/mol. The van der Waals surface area contributed by atoms with Crippen molar-refractivity contribution in [1.29, 1.82) is 0 Å². The third kappa shape index (κ3) is 1.94. The fourth-order valence-corrected chi connectivity index (χ4v) is 2.78. The topological polar surface area (TPSA) is 55.8 Å². The van der Waals surface area contributed by atoms with Gasteiger partial charge in [-0.15, -0.1) is 0 Å².